The van der Waals surface area contributed by atoms with E-state index >= 15 is 0 Å². The van der Waals surface area contributed by atoms with Crippen LogP contribution in [0.5, 0.6) is 11.5 Å². The maximum absolute atomic E-state index is 9.30. The summed E-state index contributed by atoms with van der Waals surface area (Å²) in [5, 5.41) is 7.35. The van der Waals surface area contributed by atoms with Gasteiger partial charge in [0.05, 0.1) is 13.7 Å². The van der Waals surface area contributed by atoms with Gasteiger partial charge < -0.3 is 13.9 Å². The van der Waals surface area contributed by atoms with Gasteiger partial charge in [0.15, 0.2) is 0 Å². The molecule has 10 aromatic rings. The molecule has 7 heteroatoms. The van der Waals surface area contributed by atoms with Crippen LogP contribution in [0.25, 0.3) is 72.6 Å². The number of benzene rings is 7. The molecule has 0 fully saturated rings. The first-order valence-electron chi connectivity index (χ1n) is 28.9. The Morgan fingerprint density at radius 1 is 0.556 bits per heavy atom. The summed E-state index contributed by atoms with van der Waals surface area (Å²) in [6.07, 6.45) is 5.36. The Hall–Kier alpha value is -6.88. The van der Waals surface area contributed by atoms with Crippen molar-refractivity contribution in [2.75, 3.05) is 0 Å². The van der Waals surface area contributed by atoms with Crippen LogP contribution in [0.1, 0.15) is 119 Å². The third kappa shape index (κ3) is 9.87. The zero-order chi connectivity index (χ0) is 58.7. The van der Waals surface area contributed by atoms with Crippen LogP contribution in [0, 0.1) is 18.5 Å². The van der Waals surface area contributed by atoms with Crippen LogP contribution in [0.2, 0.25) is 0 Å². The number of para-hydroxylation sites is 1. The van der Waals surface area contributed by atoms with Crippen LogP contribution in [-0.4, -0.2) is 19.3 Å². The molecule has 366 valence electrons. The van der Waals surface area contributed by atoms with Crippen molar-refractivity contribution >= 4 is 21.8 Å². The first-order valence-corrected chi connectivity index (χ1v) is 23.9. The number of nitrogens with zero attached hydrogens (tertiary/aromatic N) is 5. The Morgan fingerprint density at radius 2 is 1.14 bits per heavy atom. The molecule has 6 nitrogen and oxygen atoms in total. The fourth-order valence-electron chi connectivity index (χ4n) is 8.77. The normalized spacial score (nSPS) is 14.3. The number of fused-ring (bicyclic) bond motifs is 3. The van der Waals surface area contributed by atoms with E-state index in [1.165, 1.54) is 4.68 Å². The van der Waals surface area contributed by atoms with Crippen LogP contribution in [0.3, 0.4) is 0 Å². The van der Waals surface area contributed by atoms with E-state index in [0.717, 1.165) is 49.9 Å². The standard InChI is InChI=1S/C65H63N5O.Pt/c1-62(2,3)45-32-33-66-59(39-45)70-57-29-20-19-26-55(57)56-31-30-51(41-58(56)70)71-52-38-48(65(10,11)12)37-50(40-52)69-42-68(49-35-46(63(4,5)6)34-47(36-49)64(7,8)9)61(67-69)60-53(43-22-15-13-16-23-43)27-21-28-54(60)44-24-17-14-18-25-44;/h13-39H,1-12H3;/q-2;/i13D,14D,15D,16D,17D,18D,22D,23D,24D,25D;. The minimum Gasteiger partial charge on any atom is -0.510 e. The van der Waals surface area contributed by atoms with Gasteiger partial charge in [-0.3, -0.25) is 0 Å². The molecular formula is C65H63N5OPt-2. The van der Waals surface area contributed by atoms with E-state index in [0.29, 0.717) is 22.9 Å². The van der Waals surface area contributed by atoms with Crippen LogP contribution < -0.4 is 9.30 Å². The van der Waals surface area contributed by atoms with E-state index in [4.69, 9.17) is 23.0 Å². The molecule has 3 aromatic heterocycles. The van der Waals surface area contributed by atoms with Crippen molar-refractivity contribution in [1.82, 2.24) is 19.3 Å². The van der Waals surface area contributed by atoms with E-state index in [2.05, 4.69) is 130 Å². The number of hydrogen-bond acceptors (Lipinski definition) is 3. The summed E-state index contributed by atoms with van der Waals surface area (Å²) in [5.41, 5.74) is 5.34. The summed E-state index contributed by atoms with van der Waals surface area (Å²) in [5.74, 6) is 1.61. The van der Waals surface area contributed by atoms with Crippen LogP contribution in [-0.2, 0) is 42.7 Å². The molecule has 7 aromatic carbocycles. The van der Waals surface area contributed by atoms with E-state index in [1.54, 1.807) is 22.8 Å². The minimum absolute atomic E-state index is 0. The predicted octanol–water partition coefficient (Wildman–Crippen LogP) is 16.0. The number of hydrogen-bond donors (Lipinski definition) is 0. The van der Waals surface area contributed by atoms with Gasteiger partial charge in [-0.25, -0.2) is 4.98 Å². The summed E-state index contributed by atoms with van der Waals surface area (Å²) < 4.78 is 102. The molecular weight excluding hydrogens is 1060 g/mol. The van der Waals surface area contributed by atoms with Gasteiger partial charge >= 0.3 is 0 Å². The fourth-order valence-corrected chi connectivity index (χ4v) is 8.77. The molecule has 0 saturated carbocycles. The van der Waals surface area contributed by atoms with Gasteiger partial charge in [0.25, 0.3) is 0 Å². The van der Waals surface area contributed by atoms with E-state index in [-0.39, 0.29) is 71.0 Å². The molecule has 0 saturated heterocycles. The molecule has 0 bridgehead atoms. The third-order valence-corrected chi connectivity index (χ3v) is 12.9. The fraction of sp³-hybridized carbons (Fsp3) is 0.246. The van der Waals surface area contributed by atoms with Crippen molar-refractivity contribution in [3.8, 4) is 62.3 Å². The number of pyridine rings is 1. The molecule has 0 unspecified atom stereocenters. The molecule has 0 N–H and O–H groups in total. The maximum Gasteiger partial charge on any atom is 0.233 e. The molecule has 0 atom stereocenters. The van der Waals surface area contributed by atoms with Crippen molar-refractivity contribution in [1.29, 1.82) is 0 Å². The maximum atomic E-state index is 9.30. The monoisotopic (exact) mass is 1130 g/mol. The topological polar surface area (TPSA) is 48.8 Å². The smallest absolute Gasteiger partial charge is 0.233 e. The van der Waals surface area contributed by atoms with Gasteiger partial charge in [0.2, 0.25) is 12.2 Å². The second-order valence-electron chi connectivity index (χ2n) is 22.2. The molecule has 0 aliphatic carbocycles. The molecule has 0 spiro atoms. The Balaban J connectivity index is 0.00000810. The van der Waals surface area contributed by atoms with Crippen LogP contribution in [0.15, 0.2) is 164 Å². The van der Waals surface area contributed by atoms with Crippen molar-refractivity contribution < 1.29 is 44.1 Å². The molecule has 0 radical (unpaired) electrons. The van der Waals surface area contributed by atoms with Gasteiger partial charge in [-0.2, -0.15) is 22.4 Å². The van der Waals surface area contributed by atoms with Crippen molar-refractivity contribution in [3.05, 3.63) is 204 Å². The summed E-state index contributed by atoms with van der Waals surface area (Å²) >= 11 is 0. The van der Waals surface area contributed by atoms with Gasteiger partial charge in [-0.1, -0.05) is 204 Å². The second-order valence-corrected chi connectivity index (χ2v) is 22.2. The minimum atomic E-state index is -0.589. The van der Waals surface area contributed by atoms with Gasteiger partial charge in [-0.15, -0.1) is 29.7 Å². The predicted molar refractivity (Wildman–Crippen MR) is 291 cm³/mol. The van der Waals surface area contributed by atoms with Gasteiger partial charge in [-0.05, 0) is 95.0 Å². The molecule has 0 aliphatic rings. The Morgan fingerprint density at radius 3 is 1.74 bits per heavy atom. The third-order valence-electron chi connectivity index (χ3n) is 12.9. The molecule has 0 amide bonds. The zero-order valence-corrected chi connectivity index (χ0v) is 45.0. The van der Waals surface area contributed by atoms with Gasteiger partial charge in [0, 0.05) is 55.5 Å². The first-order chi connectivity index (χ1) is 37.8. The Bertz CT molecular complexity index is 4040. The molecule has 0 aliphatic heterocycles. The second kappa shape index (κ2) is 18.9. The summed E-state index contributed by atoms with van der Waals surface area (Å²) in [4.78, 5) is 4.86. The zero-order valence-electron chi connectivity index (χ0n) is 52.8. The summed E-state index contributed by atoms with van der Waals surface area (Å²) in [6.45, 7) is 25.5. The number of ether oxygens (including phenoxy) is 1. The Kier molecular flexibility index (Phi) is 10.2. The van der Waals surface area contributed by atoms with Crippen LogP contribution >= 0.6 is 0 Å². The average Bonchev–Trinajstić information content (AvgIpc) is 2.01. The summed E-state index contributed by atoms with van der Waals surface area (Å²) in [7, 11) is 0. The molecule has 72 heavy (non-hydrogen) atoms. The number of aromatic nitrogens is 5. The first kappa shape index (κ1) is 38.8. The Labute approximate surface area is 454 Å². The van der Waals surface area contributed by atoms with Crippen molar-refractivity contribution in [2.24, 2.45) is 0 Å². The van der Waals surface area contributed by atoms with Crippen molar-refractivity contribution in [2.45, 2.75) is 105 Å². The largest absolute Gasteiger partial charge is 0.510 e. The van der Waals surface area contributed by atoms with E-state index < -0.39 is 65.8 Å². The van der Waals surface area contributed by atoms with Gasteiger partial charge in [0.1, 0.15) is 5.82 Å². The van der Waals surface area contributed by atoms with Crippen molar-refractivity contribution in [3.63, 3.8) is 0 Å². The summed E-state index contributed by atoms with van der Waals surface area (Å²) in [6, 6.07) is 32.7. The average molecular weight is 1140 g/mol. The SMILES string of the molecule is [2H]c1c([2H])c([2H])c(-c2cccc(-c3c([2H])c([2H])c([2H])c([2H])c3[2H])c2-c2nn(-c3[c-]c(Oc4[c-]c5c(cc4)c4ccccc4n5-c4cc(C(C)(C)C)ccn4)cc(C(C)(C)C)c3)[c-][n+]2-c2cc(C(C)(C)C)cc(C(C)(C)C)c2)c([2H])c1[2H].[Pt]. The van der Waals surface area contributed by atoms with Crippen LogP contribution in [0.4, 0.5) is 0 Å². The van der Waals surface area contributed by atoms with E-state index in [9.17, 15) is 5.48 Å². The molecule has 3 heterocycles. The quantitative estimate of drug-likeness (QED) is 0.113. The molecule has 10 rings (SSSR count). The number of rotatable bonds is 8. The van der Waals surface area contributed by atoms with E-state index in [1.807, 2.05) is 60.8 Å².